The third kappa shape index (κ3) is 2.63. The summed E-state index contributed by atoms with van der Waals surface area (Å²) < 4.78 is 18.9. The Morgan fingerprint density at radius 3 is 2.59 bits per heavy atom. The molecule has 2 rings (SSSR count). The van der Waals surface area contributed by atoms with Gasteiger partial charge >= 0.3 is 0 Å². The highest BCUT2D eigenvalue weighted by molar-refractivity contribution is 9.10. The van der Waals surface area contributed by atoms with Gasteiger partial charge in [0.2, 0.25) is 0 Å². The van der Waals surface area contributed by atoms with Crippen LogP contribution in [-0.4, -0.2) is 0 Å². The van der Waals surface area contributed by atoms with Crippen molar-refractivity contribution in [3.63, 3.8) is 0 Å². The molecule has 0 aromatic heterocycles. The SMILES string of the molecule is N#Cc1ccccc1Oc1ccc(F)cc1Br. The average molecular weight is 292 g/mol. The summed E-state index contributed by atoms with van der Waals surface area (Å²) in [6.07, 6.45) is 0. The zero-order valence-electron chi connectivity index (χ0n) is 8.65. The largest absolute Gasteiger partial charge is 0.455 e. The van der Waals surface area contributed by atoms with Crippen LogP contribution in [0.15, 0.2) is 46.9 Å². The van der Waals surface area contributed by atoms with Crippen molar-refractivity contribution in [2.24, 2.45) is 0 Å². The Balaban J connectivity index is 2.35. The predicted molar refractivity (Wildman–Crippen MR) is 65.3 cm³/mol. The van der Waals surface area contributed by atoms with Gasteiger partial charge in [-0.25, -0.2) is 4.39 Å². The first-order valence-corrected chi connectivity index (χ1v) is 5.62. The number of hydrogen-bond acceptors (Lipinski definition) is 2. The van der Waals surface area contributed by atoms with Crippen LogP contribution in [0.3, 0.4) is 0 Å². The Kier molecular flexibility index (Phi) is 3.40. The number of rotatable bonds is 2. The lowest BCUT2D eigenvalue weighted by molar-refractivity contribution is 0.476. The molecule has 2 aromatic carbocycles. The quantitative estimate of drug-likeness (QED) is 0.828. The van der Waals surface area contributed by atoms with E-state index in [0.717, 1.165) is 0 Å². The third-order valence-corrected chi connectivity index (χ3v) is 2.74. The number of para-hydroxylation sites is 1. The summed E-state index contributed by atoms with van der Waals surface area (Å²) in [5.41, 5.74) is 0.434. The van der Waals surface area contributed by atoms with Crippen LogP contribution in [0.5, 0.6) is 11.5 Å². The van der Waals surface area contributed by atoms with Crippen molar-refractivity contribution in [2.75, 3.05) is 0 Å². The summed E-state index contributed by atoms with van der Waals surface area (Å²) in [4.78, 5) is 0. The summed E-state index contributed by atoms with van der Waals surface area (Å²) in [7, 11) is 0. The number of nitriles is 1. The molecule has 17 heavy (non-hydrogen) atoms. The maximum atomic E-state index is 12.9. The van der Waals surface area contributed by atoms with E-state index < -0.39 is 0 Å². The Morgan fingerprint density at radius 1 is 1.12 bits per heavy atom. The topological polar surface area (TPSA) is 33.0 Å². The second kappa shape index (κ2) is 4.98. The first-order valence-electron chi connectivity index (χ1n) is 4.83. The van der Waals surface area contributed by atoms with Gasteiger partial charge in [-0.2, -0.15) is 5.26 Å². The smallest absolute Gasteiger partial charge is 0.145 e. The third-order valence-electron chi connectivity index (χ3n) is 2.12. The van der Waals surface area contributed by atoms with E-state index in [2.05, 4.69) is 15.9 Å². The molecule has 2 nitrogen and oxygen atoms in total. The zero-order chi connectivity index (χ0) is 12.3. The van der Waals surface area contributed by atoms with Crippen LogP contribution in [0.1, 0.15) is 5.56 Å². The Labute approximate surface area is 106 Å². The van der Waals surface area contributed by atoms with Gasteiger partial charge in [-0.05, 0) is 46.3 Å². The van der Waals surface area contributed by atoms with E-state index in [1.165, 1.54) is 18.2 Å². The predicted octanol–water partition coefficient (Wildman–Crippen LogP) is 4.25. The molecule has 0 unspecified atom stereocenters. The lowest BCUT2D eigenvalue weighted by Gasteiger charge is -2.08. The fraction of sp³-hybridized carbons (Fsp3) is 0. The average Bonchev–Trinajstić information content (AvgIpc) is 2.33. The highest BCUT2D eigenvalue weighted by Crippen LogP contribution is 2.31. The van der Waals surface area contributed by atoms with Gasteiger partial charge in [0.25, 0.3) is 0 Å². The molecule has 0 spiro atoms. The first-order chi connectivity index (χ1) is 8.20. The van der Waals surface area contributed by atoms with Crippen LogP contribution in [0.25, 0.3) is 0 Å². The highest BCUT2D eigenvalue weighted by atomic mass is 79.9. The minimum atomic E-state index is -0.349. The molecule has 0 saturated carbocycles. The zero-order valence-corrected chi connectivity index (χ0v) is 10.2. The van der Waals surface area contributed by atoms with Gasteiger partial charge in [0.1, 0.15) is 23.4 Å². The lowest BCUT2D eigenvalue weighted by Crippen LogP contribution is -1.89. The van der Waals surface area contributed by atoms with Crippen molar-refractivity contribution in [3.05, 3.63) is 58.3 Å². The molecule has 0 amide bonds. The molecule has 4 heteroatoms. The molecule has 0 aliphatic heterocycles. The van der Waals surface area contributed by atoms with Crippen LogP contribution in [0, 0.1) is 17.1 Å². The summed E-state index contributed by atoms with van der Waals surface area (Å²) in [5.74, 6) is 0.564. The molecular formula is C13H7BrFNO. The van der Waals surface area contributed by atoms with Crippen LogP contribution < -0.4 is 4.74 Å². The second-order valence-corrected chi connectivity index (χ2v) is 4.14. The second-order valence-electron chi connectivity index (χ2n) is 3.28. The molecule has 2 aromatic rings. The van der Waals surface area contributed by atoms with Crippen molar-refractivity contribution in [1.82, 2.24) is 0 Å². The molecule has 0 atom stereocenters. The minimum Gasteiger partial charge on any atom is -0.455 e. The molecule has 0 aliphatic rings. The van der Waals surface area contributed by atoms with Crippen molar-refractivity contribution in [1.29, 1.82) is 5.26 Å². The van der Waals surface area contributed by atoms with Gasteiger partial charge in [-0.3, -0.25) is 0 Å². The van der Waals surface area contributed by atoms with Gasteiger partial charge in [0.05, 0.1) is 10.0 Å². The number of hydrogen-bond donors (Lipinski definition) is 0. The molecule has 0 fully saturated rings. The Bertz CT molecular complexity index is 592. The molecule has 84 valence electrons. The Hall–Kier alpha value is -1.86. The van der Waals surface area contributed by atoms with Crippen molar-refractivity contribution >= 4 is 15.9 Å². The molecule has 0 saturated heterocycles. The molecule has 0 N–H and O–H groups in total. The maximum Gasteiger partial charge on any atom is 0.145 e. The van der Waals surface area contributed by atoms with Gasteiger partial charge in [-0.1, -0.05) is 12.1 Å². The van der Waals surface area contributed by atoms with Gasteiger partial charge in [0.15, 0.2) is 0 Å². The normalized spacial score (nSPS) is 9.71. The standard InChI is InChI=1S/C13H7BrFNO/c14-11-7-10(15)5-6-13(11)17-12-4-2-1-3-9(12)8-16/h1-7H. The van der Waals surface area contributed by atoms with Crippen molar-refractivity contribution in [3.8, 4) is 17.6 Å². The first kappa shape index (κ1) is 11.6. The van der Waals surface area contributed by atoms with Crippen LogP contribution in [0.4, 0.5) is 4.39 Å². The number of ether oxygens (including phenoxy) is 1. The van der Waals surface area contributed by atoms with Crippen molar-refractivity contribution in [2.45, 2.75) is 0 Å². The van der Waals surface area contributed by atoms with E-state index >= 15 is 0 Å². The van der Waals surface area contributed by atoms with Gasteiger partial charge in [-0.15, -0.1) is 0 Å². The number of halogens is 2. The van der Waals surface area contributed by atoms with E-state index in [0.29, 0.717) is 21.5 Å². The number of nitrogens with zero attached hydrogens (tertiary/aromatic N) is 1. The lowest BCUT2D eigenvalue weighted by atomic mass is 10.2. The van der Waals surface area contributed by atoms with Crippen LogP contribution in [-0.2, 0) is 0 Å². The monoisotopic (exact) mass is 291 g/mol. The van der Waals surface area contributed by atoms with Crippen LogP contribution in [0.2, 0.25) is 0 Å². The van der Waals surface area contributed by atoms with Gasteiger partial charge in [0, 0.05) is 0 Å². The van der Waals surface area contributed by atoms with E-state index in [1.807, 2.05) is 6.07 Å². The van der Waals surface area contributed by atoms with E-state index in [-0.39, 0.29) is 5.82 Å². The molecule has 0 bridgehead atoms. The summed E-state index contributed by atoms with van der Waals surface area (Å²) in [6.45, 7) is 0. The molecule has 0 radical (unpaired) electrons. The summed E-state index contributed by atoms with van der Waals surface area (Å²) >= 11 is 3.20. The fourth-order valence-corrected chi connectivity index (χ4v) is 1.76. The van der Waals surface area contributed by atoms with Crippen LogP contribution >= 0.6 is 15.9 Å². The maximum absolute atomic E-state index is 12.9. The minimum absolute atomic E-state index is 0.349. The molecular weight excluding hydrogens is 285 g/mol. The fourth-order valence-electron chi connectivity index (χ4n) is 1.32. The summed E-state index contributed by atoms with van der Waals surface area (Å²) in [6, 6.07) is 13.0. The molecule has 0 aliphatic carbocycles. The van der Waals surface area contributed by atoms with E-state index in [4.69, 9.17) is 10.00 Å². The van der Waals surface area contributed by atoms with Gasteiger partial charge < -0.3 is 4.74 Å². The Morgan fingerprint density at radius 2 is 1.88 bits per heavy atom. The van der Waals surface area contributed by atoms with E-state index in [1.54, 1.807) is 24.3 Å². The van der Waals surface area contributed by atoms with Crippen molar-refractivity contribution < 1.29 is 9.13 Å². The highest BCUT2D eigenvalue weighted by Gasteiger charge is 2.07. The van der Waals surface area contributed by atoms with E-state index in [9.17, 15) is 4.39 Å². The number of benzene rings is 2. The molecule has 0 heterocycles. The summed E-state index contributed by atoms with van der Waals surface area (Å²) in [5, 5.41) is 8.91.